The minimum absolute atomic E-state index is 0.0679. The molecule has 3 nitrogen and oxygen atoms in total. The van der Waals surface area contributed by atoms with E-state index in [1.807, 2.05) is 31.2 Å². The topological polar surface area (TPSA) is 38.3 Å². The van der Waals surface area contributed by atoms with E-state index in [1.165, 1.54) is 11.1 Å². The Morgan fingerprint density at radius 1 is 1.08 bits per heavy atom. The van der Waals surface area contributed by atoms with Crippen LogP contribution in [0.3, 0.4) is 0 Å². The summed E-state index contributed by atoms with van der Waals surface area (Å²) in [4.78, 5) is 12.0. The van der Waals surface area contributed by atoms with Gasteiger partial charge in [-0.1, -0.05) is 54.1 Å². The number of ether oxygens (including phenoxy) is 1. The number of carbonyl (C=O) groups is 1. The van der Waals surface area contributed by atoms with E-state index in [0.717, 1.165) is 16.9 Å². The minimum atomic E-state index is 0.0679. The fourth-order valence-electron chi connectivity index (χ4n) is 2.27. The highest BCUT2D eigenvalue weighted by molar-refractivity contribution is 7.99. The third-order valence-electron chi connectivity index (χ3n) is 3.68. The summed E-state index contributed by atoms with van der Waals surface area (Å²) in [5.41, 5.74) is 4.75. The summed E-state index contributed by atoms with van der Waals surface area (Å²) in [5.74, 6) is 1.40. The van der Waals surface area contributed by atoms with Crippen molar-refractivity contribution in [3.8, 4) is 0 Å². The van der Waals surface area contributed by atoms with E-state index in [0.29, 0.717) is 25.5 Å². The molecule has 0 spiro atoms. The summed E-state index contributed by atoms with van der Waals surface area (Å²) < 4.78 is 5.47. The lowest BCUT2D eigenvalue weighted by atomic mass is 10.1. The molecule has 2 aromatic carbocycles. The van der Waals surface area contributed by atoms with Crippen LogP contribution in [0.2, 0.25) is 0 Å². The Morgan fingerprint density at radius 2 is 1.79 bits per heavy atom. The molecule has 2 aromatic rings. The van der Waals surface area contributed by atoms with Crippen LogP contribution in [0.4, 0.5) is 0 Å². The number of hydrogen-bond donors (Lipinski definition) is 1. The number of amides is 1. The van der Waals surface area contributed by atoms with Gasteiger partial charge < -0.3 is 10.1 Å². The van der Waals surface area contributed by atoms with Gasteiger partial charge >= 0.3 is 0 Å². The van der Waals surface area contributed by atoms with Crippen LogP contribution in [-0.2, 0) is 28.4 Å². The summed E-state index contributed by atoms with van der Waals surface area (Å²) in [6.45, 7) is 5.89. The SMILES string of the molecule is CCOCc1ccccc1CNC(=O)CSCc1ccc(C)cc1. The molecule has 0 radical (unpaired) electrons. The maximum atomic E-state index is 12.0. The number of benzene rings is 2. The molecule has 0 bridgehead atoms. The molecule has 0 saturated carbocycles. The van der Waals surface area contributed by atoms with Crippen LogP contribution >= 0.6 is 11.8 Å². The zero-order valence-electron chi connectivity index (χ0n) is 14.4. The molecular weight excluding hydrogens is 318 g/mol. The first-order chi connectivity index (χ1) is 11.7. The Kier molecular flexibility index (Phi) is 7.86. The first kappa shape index (κ1) is 18.6. The van der Waals surface area contributed by atoms with Gasteiger partial charge in [0.15, 0.2) is 0 Å². The first-order valence-corrected chi connectivity index (χ1v) is 9.39. The molecule has 0 heterocycles. The monoisotopic (exact) mass is 343 g/mol. The Balaban J connectivity index is 1.74. The number of carbonyl (C=O) groups excluding carboxylic acids is 1. The fraction of sp³-hybridized carbons (Fsp3) is 0.350. The van der Waals surface area contributed by atoms with Crippen LogP contribution in [-0.4, -0.2) is 18.3 Å². The molecule has 1 N–H and O–H groups in total. The van der Waals surface area contributed by atoms with Crippen LogP contribution in [0.15, 0.2) is 48.5 Å². The normalized spacial score (nSPS) is 10.6. The summed E-state index contributed by atoms with van der Waals surface area (Å²) in [7, 11) is 0. The molecule has 2 rings (SSSR count). The first-order valence-electron chi connectivity index (χ1n) is 8.23. The third-order valence-corrected chi connectivity index (χ3v) is 4.68. The highest BCUT2D eigenvalue weighted by Gasteiger charge is 2.05. The average Bonchev–Trinajstić information content (AvgIpc) is 2.60. The van der Waals surface area contributed by atoms with Gasteiger partial charge in [-0.05, 0) is 30.5 Å². The minimum Gasteiger partial charge on any atom is -0.377 e. The van der Waals surface area contributed by atoms with Crippen LogP contribution in [0, 0.1) is 6.92 Å². The van der Waals surface area contributed by atoms with Crippen molar-refractivity contribution in [2.75, 3.05) is 12.4 Å². The molecule has 0 saturated heterocycles. The number of hydrogen-bond acceptors (Lipinski definition) is 3. The van der Waals surface area contributed by atoms with Gasteiger partial charge in [-0.15, -0.1) is 11.8 Å². The van der Waals surface area contributed by atoms with Gasteiger partial charge in [-0.2, -0.15) is 0 Å². The lowest BCUT2D eigenvalue weighted by Crippen LogP contribution is -2.25. The molecule has 0 aromatic heterocycles. The van der Waals surface area contributed by atoms with Crippen molar-refractivity contribution in [1.29, 1.82) is 0 Å². The van der Waals surface area contributed by atoms with Crippen molar-refractivity contribution in [3.63, 3.8) is 0 Å². The van der Waals surface area contributed by atoms with Crippen molar-refractivity contribution >= 4 is 17.7 Å². The molecular formula is C20H25NO2S. The second-order valence-corrected chi connectivity index (χ2v) is 6.65. The smallest absolute Gasteiger partial charge is 0.230 e. The Hall–Kier alpha value is -1.78. The Bertz CT molecular complexity index is 640. The van der Waals surface area contributed by atoms with Gasteiger partial charge in [0.05, 0.1) is 12.4 Å². The average molecular weight is 343 g/mol. The zero-order chi connectivity index (χ0) is 17.2. The highest BCUT2D eigenvalue weighted by atomic mass is 32.2. The lowest BCUT2D eigenvalue weighted by Gasteiger charge is -2.11. The lowest BCUT2D eigenvalue weighted by molar-refractivity contribution is -0.118. The second-order valence-electron chi connectivity index (χ2n) is 5.66. The van der Waals surface area contributed by atoms with Crippen molar-refractivity contribution in [3.05, 3.63) is 70.8 Å². The fourth-order valence-corrected chi connectivity index (χ4v) is 3.09. The van der Waals surface area contributed by atoms with E-state index in [2.05, 4.69) is 36.5 Å². The number of aryl methyl sites for hydroxylation is 1. The number of nitrogens with one attached hydrogen (secondary N) is 1. The van der Waals surface area contributed by atoms with E-state index in [9.17, 15) is 4.79 Å². The maximum absolute atomic E-state index is 12.0. The van der Waals surface area contributed by atoms with Gasteiger partial charge in [0.25, 0.3) is 0 Å². The van der Waals surface area contributed by atoms with Crippen molar-refractivity contribution in [2.45, 2.75) is 32.8 Å². The van der Waals surface area contributed by atoms with Crippen LogP contribution in [0.5, 0.6) is 0 Å². The van der Waals surface area contributed by atoms with E-state index in [4.69, 9.17) is 4.74 Å². The van der Waals surface area contributed by atoms with E-state index in [-0.39, 0.29) is 5.91 Å². The van der Waals surface area contributed by atoms with Gasteiger partial charge in [-0.3, -0.25) is 4.79 Å². The number of thioether (sulfide) groups is 1. The molecule has 0 fully saturated rings. The standard InChI is InChI=1S/C20H25NO2S/c1-3-23-13-19-7-5-4-6-18(19)12-21-20(22)15-24-14-17-10-8-16(2)9-11-17/h4-11H,3,12-15H2,1-2H3,(H,21,22). The van der Waals surface area contributed by atoms with Crippen molar-refractivity contribution < 1.29 is 9.53 Å². The van der Waals surface area contributed by atoms with Crippen LogP contribution in [0.1, 0.15) is 29.2 Å². The summed E-state index contributed by atoms with van der Waals surface area (Å²) in [6.07, 6.45) is 0. The zero-order valence-corrected chi connectivity index (χ0v) is 15.2. The maximum Gasteiger partial charge on any atom is 0.230 e. The second kappa shape index (κ2) is 10.2. The molecule has 4 heteroatoms. The summed E-state index contributed by atoms with van der Waals surface area (Å²) in [5, 5.41) is 3.00. The highest BCUT2D eigenvalue weighted by Crippen LogP contribution is 2.13. The predicted octanol–water partition coefficient (Wildman–Crippen LogP) is 4.08. The van der Waals surface area contributed by atoms with Gasteiger partial charge in [-0.25, -0.2) is 0 Å². The quantitative estimate of drug-likeness (QED) is 0.745. The van der Waals surface area contributed by atoms with Gasteiger partial charge in [0.1, 0.15) is 0 Å². The van der Waals surface area contributed by atoms with E-state index in [1.54, 1.807) is 11.8 Å². The number of rotatable bonds is 9. The van der Waals surface area contributed by atoms with Crippen molar-refractivity contribution in [2.24, 2.45) is 0 Å². The van der Waals surface area contributed by atoms with Crippen molar-refractivity contribution in [1.82, 2.24) is 5.32 Å². The molecule has 0 atom stereocenters. The molecule has 0 aliphatic rings. The Morgan fingerprint density at radius 3 is 2.50 bits per heavy atom. The predicted molar refractivity (Wildman–Crippen MR) is 101 cm³/mol. The van der Waals surface area contributed by atoms with E-state index >= 15 is 0 Å². The molecule has 0 aliphatic heterocycles. The van der Waals surface area contributed by atoms with E-state index < -0.39 is 0 Å². The molecule has 0 unspecified atom stereocenters. The van der Waals surface area contributed by atoms with Crippen LogP contribution in [0.25, 0.3) is 0 Å². The Labute approximate surface area is 148 Å². The molecule has 1 amide bonds. The van der Waals surface area contributed by atoms with Gasteiger partial charge in [0.2, 0.25) is 5.91 Å². The van der Waals surface area contributed by atoms with Gasteiger partial charge in [0, 0.05) is 18.9 Å². The third kappa shape index (κ3) is 6.38. The molecule has 0 aliphatic carbocycles. The summed E-state index contributed by atoms with van der Waals surface area (Å²) >= 11 is 1.64. The van der Waals surface area contributed by atoms with Crippen LogP contribution < -0.4 is 5.32 Å². The largest absolute Gasteiger partial charge is 0.377 e. The summed E-state index contributed by atoms with van der Waals surface area (Å²) in [6, 6.07) is 16.5. The molecule has 128 valence electrons. The molecule has 24 heavy (non-hydrogen) atoms.